The van der Waals surface area contributed by atoms with Gasteiger partial charge in [0.25, 0.3) is 11.8 Å². The van der Waals surface area contributed by atoms with Gasteiger partial charge in [0.1, 0.15) is 13.2 Å². The molecule has 7 nitrogen and oxygen atoms in total. The van der Waals surface area contributed by atoms with Gasteiger partial charge in [0.2, 0.25) is 0 Å². The molecule has 148 valence electrons. The first-order valence-electron chi connectivity index (χ1n) is 8.89. The summed E-state index contributed by atoms with van der Waals surface area (Å²) in [6, 6.07) is 19.4. The molecule has 0 bridgehead atoms. The molecule has 0 atom stereocenters. The normalized spacial score (nSPS) is 11.6. The summed E-state index contributed by atoms with van der Waals surface area (Å²) in [6.07, 6.45) is 10.0. The van der Waals surface area contributed by atoms with Crippen LogP contribution in [-0.4, -0.2) is 37.5 Å². The lowest BCUT2D eigenvalue weighted by Crippen LogP contribution is -2.28. The number of ether oxygens (including phenoxy) is 1. The molecule has 29 heavy (non-hydrogen) atoms. The average molecular weight is 390 g/mol. The van der Waals surface area contributed by atoms with E-state index in [1.165, 1.54) is 12.4 Å². The fourth-order valence-electron chi connectivity index (χ4n) is 2.04. The number of hydrogen-bond donors (Lipinski definition) is 2. The van der Waals surface area contributed by atoms with Crippen molar-refractivity contribution in [2.75, 3.05) is 13.2 Å². The quantitative estimate of drug-likeness (QED) is 0.482. The Labute approximate surface area is 169 Å². The van der Waals surface area contributed by atoms with Crippen LogP contribution >= 0.6 is 0 Å². The van der Waals surface area contributed by atoms with Gasteiger partial charge < -0.3 is 4.74 Å². The summed E-state index contributed by atoms with van der Waals surface area (Å²) in [7, 11) is 0. The van der Waals surface area contributed by atoms with Gasteiger partial charge in [0.05, 0.1) is 0 Å². The second-order valence-corrected chi connectivity index (χ2v) is 5.66. The smallest absolute Gasteiger partial charge is 0.266 e. The largest absolute Gasteiger partial charge is 0.362 e. The second kappa shape index (κ2) is 13.3. The zero-order chi connectivity index (χ0) is 20.6. The molecule has 0 heterocycles. The van der Waals surface area contributed by atoms with Crippen LogP contribution in [0.1, 0.15) is 11.1 Å². The zero-order valence-electron chi connectivity index (χ0n) is 15.8. The molecule has 2 N–H and O–H groups in total. The first-order valence-corrected chi connectivity index (χ1v) is 8.89. The fourth-order valence-corrected chi connectivity index (χ4v) is 2.04. The van der Waals surface area contributed by atoms with Gasteiger partial charge >= 0.3 is 0 Å². The molecule has 2 aromatic carbocycles. The zero-order valence-corrected chi connectivity index (χ0v) is 15.8. The third kappa shape index (κ3) is 10.2. The number of nitrogens with zero attached hydrogens (tertiary/aromatic N) is 2. The van der Waals surface area contributed by atoms with E-state index < -0.39 is 11.8 Å². The van der Waals surface area contributed by atoms with E-state index in [0.29, 0.717) is 0 Å². The van der Waals surface area contributed by atoms with Crippen molar-refractivity contribution in [1.29, 1.82) is 0 Å². The average Bonchev–Trinajstić information content (AvgIpc) is 2.75. The van der Waals surface area contributed by atoms with Crippen molar-refractivity contribution in [3.8, 4) is 0 Å². The van der Waals surface area contributed by atoms with E-state index in [2.05, 4.69) is 21.1 Å². The Morgan fingerprint density at radius 1 is 0.724 bits per heavy atom. The predicted octanol–water partition coefficient (Wildman–Crippen LogP) is 2.63. The molecule has 0 saturated carbocycles. The first-order chi connectivity index (χ1) is 14.2. The summed E-state index contributed by atoms with van der Waals surface area (Å²) in [4.78, 5) is 23.1. The number of carbonyl (C=O) groups is 2. The number of hydrogen-bond acceptors (Lipinski definition) is 5. The summed E-state index contributed by atoms with van der Waals surface area (Å²) < 4.78 is 5.00. The number of rotatable bonds is 10. The van der Waals surface area contributed by atoms with E-state index in [9.17, 15) is 9.59 Å². The van der Waals surface area contributed by atoms with E-state index in [0.717, 1.165) is 11.1 Å². The van der Waals surface area contributed by atoms with Gasteiger partial charge in [-0.15, -0.1) is 0 Å². The second-order valence-electron chi connectivity index (χ2n) is 5.66. The van der Waals surface area contributed by atoms with Crippen LogP contribution in [0.3, 0.4) is 0 Å². The molecule has 0 unspecified atom stereocenters. The molecule has 0 aliphatic rings. The molecular weight excluding hydrogens is 368 g/mol. The molecule has 7 heteroatoms. The number of nitrogens with one attached hydrogen (secondary N) is 2. The topological polar surface area (TPSA) is 92.2 Å². The van der Waals surface area contributed by atoms with Gasteiger partial charge in [-0.1, -0.05) is 72.8 Å². The first kappa shape index (κ1) is 21.5. The summed E-state index contributed by atoms with van der Waals surface area (Å²) in [6.45, 7) is -0.574. The van der Waals surface area contributed by atoms with E-state index in [-0.39, 0.29) is 13.2 Å². The van der Waals surface area contributed by atoms with Crippen molar-refractivity contribution < 1.29 is 14.3 Å². The number of hydrazone groups is 2. The highest BCUT2D eigenvalue weighted by atomic mass is 16.5. The lowest BCUT2D eigenvalue weighted by atomic mass is 10.2. The fraction of sp³-hybridized carbons (Fsp3) is 0.0909. The predicted molar refractivity (Wildman–Crippen MR) is 115 cm³/mol. The van der Waals surface area contributed by atoms with Crippen LogP contribution in [0.5, 0.6) is 0 Å². The number of carbonyl (C=O) groups excluding carboxylic acids is 2. The molecule has 0 aliphatic carbocycles. The highest BCUT2D eigenvalue weighted by molar-refractivity contribution is 5.83. The molecule has 2 amide bonds. The van der Waals surface area contributed by atoms with Crippen LogP contribution in [0.25, 0.3) is 12.2 Å². The molecule has 0 aliphatic heterocycles. The molecule has 2 aromatic rings. The highest BCUT2D eigenvalue weighted by Crippen LogP contribution is 2.00. The van der Waals surface area contributed by atoms with Crippen molar-refractivity contribution in [3.05, 3.63) is 83.9 Å². The SMILES string of the molecule is O=C(COCC(=O)N/N=C/C=C\c1ccccc1)N/N=C\C=C/c1ccccc1. The molecule has 0 fully saturated rings. The van der Waals surface area contributed by atoms with Crippen molar-refractivity contribution in [2.45, 2.75) is 0 Å². The van der Waals surface area contributed by atoms with Crippen molar-refractivity contribution >= 4 is 36.4 Å². The van der Waals surface area contributed by atoms with Gasteiger partial charge in [0, 0.05) is 12.4 Å². The Hall–Kier alpha value is -3.84. The molecule has 0 radical (unpaired) electrons. The summed E-state index contributed by atoms with van der Waals surface area (Å²) in [5, 5.41) is 7.51. The minimum absolute atomic E-state index is 0.287. The standard InChI is InChI=1S/C22H22N4O3/c27-21(25-23-15-7-13-19-9-3-1-4-10-19)17-29-18-22(28)26-24-16-8-14-20-11-5-2-6-12-20/h1-16H,17-18H2,(H,25,27)(H,26,28)/b13-7-,14-8-,23-15-,24-16+. The maximum absolute atomic E-state index is 11.5. The van der Waals surface area contributed by atoms with Crippen LogP contribution in [0, 0.1) is 0 Å². The molecule has 0 aromatic heterocycles. The Kier molecular flexibility index (Phi) is 9.88. The van der Waals surface area contributed by atoms with E-state index in [4.69, 9.17) is 4.74 Å². The number of allylic oxidation sites excluding steroid dienone is 2. The molecule has 0 saturated heterocycles. The van der Waals surface area contributed by atoms with E-state index in [1.807, 2.05) is 72.8 Å². The third-order valence-electron chi connectivity index (χ3n) is 3.34. The van der Waals surface area contributed by atoms with E-state index >= 15 is 0 Å². The van der Waals surface area contributed by atoms with Crippen LogP contribution in [-0.2, 0) is 14.3 Å². The number of benzene rings is 2. The lowest BCUT2D eigenvalue weighted by molar-refractivity contribution is -0.130. The maximum Gasteiger partial charge on any atom is 0.266 e. The number of amides is 2. The monoisotopic (exact) mass is 390 g/mol. The Morgan fingerprint density at radius 2 is 1.14 bits per heavy atom. The molecule has 0 spiro atoms. The van der Waals surface area contributed by atoms with Crippen LogP contribution in [0.15, 0.2) is 83.0 Å². The van der Waals surface area contributed by atoms with Gasteiger partial charge in [-0.25, -0.2) is 10.9 Å². The maximum atomic E-state index is 11.5. The van der Waals surface area contributed by atoms with E-state index in [1.54, 1.807) is 12.2 Å². The Morgan fingerprint density at radius 3 is 1.55 bits per heavy atom. The summed E-state index contributed by atoms with van der Waals surface area (Å²) in [5.41, 5.74) is 6.66. The van der Waals surface area contributed by atoms with Gasteiger partial charge in [-0.05, 0) is 23.3 Å². The summed E-state index contributed by atoms with van der Waals surface area (Å²) in [5.74, 6) is -0.923. The third-order valence-corrected chi connectivity index (χ3v) is 3.34. The van der Waals surface area contributed by atoms with Crippen LogP contribution in [0.2, 0.25) is 0 Å². The highest BCUT2D eigenvalue weighted by Gasteiger charge is 2.03. The minimum Gasteiger partial charge on any atom is -0.362 e. The summed E-state index contributed by atoms with van der Waals surface area (Å²) >= 11 is 0. The van der Waals surface area contributed by atoms with Crippen LogP contribution < -0.4 is 10.9 Å². The Bertz CT molecular complexity index is 802. The minimum atomic E-state index is -0.462. The molecular formula is C22H22N4O3. The Balaban J connectivity index is 1.55. The lowest BCUT2D eigenvalue weighted by Gasteiger charge is -2.01. The van der Waals surface area contributed by atoms with Gasteiger partial charge in [-0.3, -0.25) is 9.59 Å². The van der Waals surface area contributed by atoms with Crippen molar-refractivity contribution in [2.24, 2.45) is 10.2 Å². The molecule has 2 rings (SSSR count). The van der Waals surface area contributed by atoms with Crippen molar-refractivity contribution in [3.63, 3.8) is 0 Å². The van der Waals surface area contributed by atoms with Gasteiger partial charge in [0.15, 0.2) is 0 Å². The van der Waals surface area contributed by atoms with Gasteiger partial charge in [-0.2, -0.15) is 10.2 Å². The van der Waals surface area contributed by atoms with Crippen molar-refractivity contribution in [1.82, 2.24) is 10.9 Å². The van der Waals surface area contributed by atoms with Crippen LogP contribution in [0.4, 0.5) is 0 Å².